The molecule has 0 spiro atoms. The molecule has 2 aromatic rings. The number of nitriles is 2. The van der Waals surface area contributed by atoms with Gasteiger partial charge in [0.1, 0.15) is 0 Å². The van der Waals surface area contributed by atoms with E-state index >= 15 is 0 Å². The summed E-state index contributed by atoms with van der Waals surface area (Å²) < 4.78 is 0. The van der Waals surface area contributed by atoms with Crippen LogP contribution in [0.15, 0.2) is 48.5 Å². The number of aryl methyl sites for hydroxylation is 2. The fraction of sp³-hybridized carbons (Fsp3) is 0.364. The molecule has 0 saturated carbocycles. The highest BCUT2D eigenvalue weighted by molar-refractivity contribution is 5.63. The summed E-state index contributed by atoms with van der Waals surface area (Å²) in [6.45, 7) is 0. The van der Waals surface area contributed by atoms with E-state index in [2.05, 4.69) is 60.7 Å². The fourth-order valence-electron chi connectivity index (χ4n) is 2.79. The van der Waals surface area contributed by atoms with E-state index in [9.17, 15) is 0 Å². The molecule has 0 aromatic heterocycles. The molecule has 0 aliphatic heterocycles. The van der Waals surface area contributed by atoms with E-state index < -0.39 is 0 Å². The second kappa shape index (κ2) is 10.2. The van der Waals surface area contributed by atoms with E-state index in [1.807, 2.05) is 0 Å². The zero-order valence-corrected chi connectivity index (χ0v) is 14.2. The third-order valence-electron chi connectivity index (χ3n) is 4.25. The SMILES string of the molecule is N#CCCCCc1ccc(-c2ccc(CCCCC#N)cc2)cc1. The molecular weight excluding hydrogens is 292 g/mol. The molecule has 0 aliphatic carbocycles. The van der Waals surface area contributed by atoms with Crippen LogP contribution < -0.4 is 0 Å². The Labute approximate surface area is 145 Å². The third kappa shape index (κ3) is 5.90. The van der Waals surface area contributed by atoms with Crippen molar-refractivity contribution < 1.29 is 0 Å². The number of hydrogen-bond donors (Lipinski definition) is 0. The van der Waals surface area contributed by atoms with E-state index in [0.717, 1.165) is 38.5 Å². The Kier molecular flexibility index (Phi) is 7.58. The molecule has 2 rings (SSSR count). The van der Waals surface area contributed by atoms with Gasteiger partial charge in [0.2, 0.25) is 0 Å². The lowest BCUT2D eigenvalue weighted by atomic mass is 9.99. The molecule has 0 atom stereocenters. The molecule has 0 heterocycles. The quantitative estimate of drug-likeness (QED) is 0.547. The van der Waals surface area contributed by atoms with Gasteiger partial charge in [0.25, 0.3) is 0 Å². The highest BCUT2D eigenvalue weighted by Gasteiger charge is 2.00. The van der Waals surface area contributed by atoms with Gasteiger partial charge in [0.05, 0.1) is 12.1 Å². The first-order valence-electron chi connectivity index (χ1n) is 8.75. The van der Waals surface area contributed by atoms with Crippen LogP contribution in [0.2, 0.25) is 0 Å². The van der Waals surface area contributed by atoms with E-state index in [4.69, 9.17) is 10.5 Å². The standard InChI is InChI=1S/C22H24N2/c23-17-5-1-3-7-19-9-13-21(14-10-19)22-15-11-20(12-16-22)8-4-2-6-18-24/h9-16H,1-8H2. The first-order valence-corrected chi connectivity index (χ1v) is 8.75. The van der Waals surface area contributed by atoms with Crippen molar-refractivity contribution in [3.63, 3.8) is 0 Å². The smallest absolute Gasteiger partial charge is 0.0621 e. The molecule has 0 N–H and O–H groups in total. The summed E-state index contributed by atoms with van der Waals surface area (Å²) in [7, 11) is 0. The first-order chi connectivity index (χ1) is 11.8. The van der Waals surface area contributed by atoms with Crippen molar-refractivity contribution in [2.75, 3.05) is 0 Å². The summed E-state index contributed by atoms with van der Waals surface area (Å²) in [4.78, 5) is 0. The minimum absolute atomic E-state index is 0.654. The molecule has 24 heavy (non-hydrogen) atoms. The topological polar surface area (TPSA) is 47.6 Å². The zero-order chi connectivity index (χ0) is 17.0. The van der Waals surface area contributed by atoms with Crippen molar-refractivity contribution >= 4 is 0 Å². The normalized spacial score (nSPS) is 10.1. The maximum absolute atomic E-state index is 8.55. The number of rotatable bonds is 9. The van der Waals surface area contributed by atoms with Gasteiger partial charge in [0.15, 0.2) is 0 Å². The minimum Gasteiger partial charge on any atom is -0.198 e. The summed E-state index contributed by atoms with van der Waals surface area (Å²) in [6, 6.07) is 21.9. The van der Waals surface area contributed by atoms with Crippen molar-refractivity contribution in [1.82, 2.24) is 0 Å². The van der Waals surface area contributed by atoms with E-state index in [1.54, 1.807) is 0 Å². The summed E-state index contributed by atoms with van der Waals surface area (Å²) in [5.41, 5.74) is 5.16. The van der Waals surface area contributed by atoms with Crippen LogP contribution in [0.3, 0.4) is 0 Å². The highest BCUT2D eigenvalue weighted by Crippen LogP contribution is 2.21. The second-order valence-corrected chi connectivity index (χ2v) is 6.12. The molecule has 0 radical (unpaired) electrons. The second-order valence-electron chi connectivity index (χ2n) is 6.12. The van der Waals surface area contributed by atoms with Gasteiger partial charge in [-0.05, 0) is 60.8 Å². The van der Waals surface area contributed by atoms with Gasteiger partial charge >= 0.3 is 0 Å². The fourth-order valence-corrected chi connectivity index (χ4v) is 2.79. The summed E-state index contributed by atoms with van der Waals surface area (Å²) >= 11 is 0. The predicted octanol–water partition coefficient (Wildman–Crippen LogP) is 5.83. The van der Waals surface area contributed by atoms with Crippen LogP contribution in [0.4, 0.5) is 0 Å². The van der Waals surface area contributed by atoms with Crippen LogP contribution in [0.25, 0.3) is 11.1 Å². The van der Waals surface area contributed by atoms with Crippen molar-refractivity contribution in [2.45, 2.75) is 51.4 Å². The van der Waals surface area contributed by atoms with Gasteiger partial charge in [0, 0.05) is 12.8 Å². The Morgan fingerprint density at radius 3 is 1.25 bits per heavy atom. The molecule has 0 amide bonds. The lowest BCUT2D eigenvalue weighted by Gasteiger charge is -2.06. The average Bonchev–Trinajstić information content (AvgIpc) is 2.64. The van der Waals surface area contributed by atoms with Gasteiger partial charge < -0.3 is 0 Å². The van der Waals surface area contributed by atoms with Crippen molar-refractivity contribution in [3.8, 4) is 23.3 Å². The minimum atomic E-state index is 0.654. The van der Waals surface area contributed by atoms with Gasteiger partial charge in [-0.15, -0.1) is 0 Å². The van der Waals surface area contributed by atoms with E-state index in [0.29, 0.717) is 12.8 Å². The maximum Gasteiger partial charge on any atom is 0.0621 e. The monoisotopic (exact) mass is 316 g/mol. The molecule has 2 nitrogen and oxygen atoms in total. The van der Waals surface area contributed by atoms with Crippen LogP contribution >= 0.6 is 0 Å². The van der Waals surface area contributed by atoms with Crippen molar-refractivity contribution in [3.05, 3.63) is 59.7 Å². The van der Waals surface area contributed by atoms with E-state index in [-0.39, 0.29) is 0 Å². The number of nitrogens with zero attached hydrogens (tertiary/aromatic N) is 2. The van der Waals surface area contributed by atoms with Crippen LogP contribution in [0.5, 0.6) is 0 Å². The number of benzene rings is 2. The average molecular weight is 316 g/mol. The lowest BCUT2D eigenvalue weighted by molar-refractivity contribution is 0.752. The lowest BCUT2D eigenvalue weighted by Crippen LogP contribution is -1.88. The van der Waals surface area contributed by atoms with Crippen LogP contribution in [0, 0.1) is 22.7 Å². The number of hydrogen-bond acceptors (Lipinski definition) is 2. The predicted molar refractivity (Wildman–Crippen MR) is 98.2 cm³/mol. The Bertz CT molecular complexity index is 621. The zero-order valence-electron chi connectivity index (χ0n) is 14.2. The largest absolute Gasteiger partial charge is 0.198 e. The van der Waals surface area contributed by atoms with Gasteiger partial charge in [-0.3, -0.25) is 0 Å². The highest BCUT2D eigenvalue weighted by atomic mass is 14.2. The molecule has 122 valence electrons. The molecule has 2 aromatic carbocycles. The Morgan fingerprint density at radius 1 is 0.542 bits per heavy atom. The molecule has 0 bridgehead atoms. The molecule has 2 heteroatoms. The van der Waals surface area contributed by atoms with Crippen molar-refractivity contribution in [2.24, 2.45) is 0 Å². The molecule has 0 saturated heterocycles. The Morgan fingerprint density at radius 2 is 0.917 bits per heavy atom. The maximum atomic E-state index is 8.55. The molecular formula is C22H24N2. The molecule has 0 unspecified atom stereocenters. The molecule has 0 fully saturated rings. The van der Waals surface area contributed by atoms with Gasteiger partial charge in [-0.25, -0.2) is 0 Å². The van der Waals surface area contributed by atoms with Gasteiger partial charge in [-0.2, -0.15) is 10.5 Å². The summed E-state index contributed by atoms with van der Waals surface area (Å²) in [6.07, 6.45) is 7.51. The van der Waals surface area contributed by atoms with E-state index in [1.165, 1.54) is 22.3 Å². The molecule has 0 aliphatic rings. The summed E-state index contributed by atoms with van der Waals surface area (Å²) in [5.74, 6) is 0. The third-order valence-corrected chi connectivity index (χ3v) is 4.25. The Hall–Kier alpha value is -2.58. The van der Waals surface area contributed by atoms with Crippen molar-refractivity contribution in [1.29, 1.82) is 10.5 Å². The van der Waals surface area contributed by atoms with Crippen LogP contribution in [-0.2, 0) is 12.8 Å². The van der Waals surface area contributed by atoms with Crippen LogP contribution in [0.1, 0.15) is 49.7 Å². The summed E-state index contributed by atoms with van der Waals surface area (Å²) in [5, 5.41) is 17.1. The number of unbranched alkanes of at least 4 members (excludes halogenated alkanes) is 4. The van der Waals surface area contributed by atoms with Gasteiger partial charge in [-0.1, -0.05) is 48.5 Å². The Balaban J connectivity index is 1.87. The van der Waals surface area contributed by atoms with Crippen LogP contribution in [-0.4, -0.2) is 0 Å². The first kappa shape index (κ1) is 17.8.